The molecular weight excluding hydrogens is 382 g/mol. The topological polar surface area (TPSA) is 70.6 Å². The van der Waals surface area contributed by atoms with Crippen LogP contribution in [0, 0.1) is 6.92 Å². The van der Waals surface area contributed by atoms with E-state index < -0.39 is 11.8 Å². The number of nitrogens with one attached hydrogen (secondary N) is 2. The number of halogens is 2. The van der Waals surface area contributed by atoms with Crippen LogP contribution in [-0.2, 0) is 9.59 Å². The van der Waals surface area contributed by atoms with Crippen molar-refractivity contribution in [3.05, 3.63) is 63.1 Å². The molecule has 0 aliphatic heterocycles. The molecule has 2 rings (SSSR count). The number of aryl methyl sites for hydroxylation is 1. The van der Waals surface area contributed by atoms with Crippen LogP contribution in [0.2, 0.25) is 5.02 Å². The Morgan fingerprint density at radius 1 is 1.17 bits per heavy atom. The van der Waals surface area contributed by atoms with Crippen LogP contribution in [0.4, 0.5) is 5.69 Å². The van der Waals surface area contributed by atoms with Gasteiger partial charge in [0.1, 0.15) is 0 Å². The van der Waals surface area contributed by atoms with E-state index in [-0.39, 0.29) is 0 Å². The van der Waals surface area contributed by atoms with Crippen molar-refractivity contribution in [2.45, 2.75) is 6.92 Å². The van der Waals surface area contributed by atoms with Crippen LogP contribution in [0.25, 0.3) is 0 Å². The van der Waals surface area contributed by atoms with Gasteiger partial charge >= 0.3 is 11.8 Å². The molecule has 23 heavy (non-hydrogen) atoms. The van der Waals surface area contributed by atoms with Gasteiger partial charge in [0.25, 0.3) is 0 Å². The maximum Gasteiger partial charge on any atom is 0.329 e. The van der Waals surface area contributed by atoms with E-state index in [0.29, 0.717) is 10.7 Å². The van der Waals surface area contributed by atoms with E-state index >= 15 is 0 Å². The summed E-state index contributed by atoms with van der Waals surface area (Å²) in [5.41, 5.74) is 4.27. The highest BCUT2D eigenvalue weighted by atomic mass is 79.9. The quantitative estimate of drug-likeness (QED) is 0.475. The molecule has 0 unspecified atom stereocenters. The summed E-state index contributed by atoms with van der Waals surface area (Å²) in [4.78, 5) is 23.4. The molecule has 0 bridgehead atoms. The van der Waals surface area contributed by atoms with Crippen molar-refractivity contribution < 1.29 is 9.59 Å². The van der Waals surface area contributed by atoms with Crippen LogP contribution in [0.15, 0.2) is 52.0 Å². The maximum absolute atomic E-state index is 11.8. The molecule has 0 fully saturated rings. The van der Waals surface area contributed by atoms with E-state index in [0.717, 1.165) is 15.6 Å². The minimum atomic E-state index is -0.868. The number of hydrogen-bond donors (Lipinski definition) is 2. The Morgan fingerprint density at radius 3 is 2.65 bits per heavy atom. The van der Waals surface area contributed by atoms with Gasteiger partial charge in [-0.1, -0.05) is 45.7 Å². The Kier molecular flexibility index (Phi) is 5.90. The smallest absolute Gasteiger partial charge is 0.318 e. The summed E-state index contributed by atoms with van der Waals surface area (Å²) in [5, 5.41) is 6.71. The Hall–Kier alpha value is -2.18. The first-order valence-corrected chi connectivity index (χ1v) is 7.79. The second-order valence-electron chi connectivity index (χ2n) is 4.67. The van der Waals surface area contributed by atoms with Crippen molar-refractivity contribution in [1.29, 1.82) is 0 Å². The first kappa shape index (κ1) is 17.2. The molecule has 0 aromatic heterocycles. The molecule has 7 heteroatoms. The van der Waals surface area contributed by atoms with Gasteiger partial charge in [0.2, 0.25) is 0 Å². The van der Waals surface area contributed by atoms with Gasteiger partial charge in [-0.25, -0.2) is 5.43 Å². The van der Waals surface area contributed by atoms with Gasteiger partial charge in [-0.15, -0.1) is 0 Å². The van der Waals surface area contributed by atoms with Gasteiger partial charge in [0.15, 0.2) is 0 Å². The lowest BCUT2D eigenvalue weighted by Gasteiger charge is -2.05. The molecule has 0 spiro atoms. The average Bonchev–Trinajstić information content (AvgIpc) is 2.51. The van der Waals surface area contributed by atoms with Crippen LogP contribution in [0.3, 0.4) is 0 Å². The summed E-state index contributed by atoms with van der Waals surface area (Å²) in [6.07, 6.45) is 1.44. The molecule has 0 aliphatic rings. The number of carbonyl (C=O) groups excluding carboxylic acids is 2. The zero-order valence-electron chi connectivity index (χ0n) is 12.1. The number of carbonyl (C=O) groups is 2. The highest BCUT2D eigenvalue weighted by Crippen LogP contribution is 2.19. The predicted octanol–water partition coefficient (Wildman–Crippen LogP) is 3.50. The first-order valence-electron chi connectivity index (χ1n) is 6.62. The van der Waals surface area contributed by atoms with E-state index in [9.17, 15) is 9.59 Å². The number of amides is 2. The van der Waals surface area contributed by atoms with Crippen molar-refractivity contribution in [3.63, 3.8) is 0 Å². The van der Waals surface area contributed by atoms with Crippen LogP contribution in [0.5, 0.6) is 0 Å². The molecule has 118 valence electrons. The number of anilines is 1. The largest absolute Gasteiger partial charge is 0.329 e. The zero-order chi connectivity index (χ0) is 16.8. The first-order chi connectivity index (χ1) is 11.0. The SMILES string of the molecule is Cc1ccc(NC(=O)C(=O)N/N=C\c2cccc(Br)c2)cc1Cl. The number of hydrazone groups is 1. The molecule has 2 amide bonds. The van der Waals surface area contributed by atoms with Crippen molar-refractivity contribution in [1.82, 2.24) is 5.43 Å². The summed E-state index contributed by atoms with van der Waals surface area (Å²) in [5.74, 6) is -1.69. The molecular formula is C16H13BrClN3O2. The van der Waals surface area contributed by atoms with Crippen LogP contribution < -0.4 is 10.7 Å². The van der Waals surface area contributed by atoms with Crippen LogP contribution in [-0.4, -0.2) is 18.0 Å². The van der Waals surface area contributed by atoms with Crippen molar-refractivity contribution in [2.24, 2.45) is 5.10 Å². The highest BCUT2D eigenvalue weighted by molar-refractivity contribution is 9.10. The zero-order valence-corrected chi connectivity index (χ0v) is 14.5. The van der Waals surface area contributed by atoms with Gasteiger partial charge < -0.3 is 5.32 Å². The molecule has 0 radical (unpaired) electrons. The second-order valence-corrected chi connectivity index (χ2v) is 6.00. The Labute approximate surface area is 146 Å². The standard InChI is InChI=1S/C16H13BrClN3O2/c1-10-5-6-13(8-14(10)18)20-15(22)16(23)21-19-9-11-3-2-4-12(17)7-11/h2-9H,1H3,(H,20,22)(H,21,23)/b19-9-. The lowest BCUT2D eigenvalue weighted by atomic mass is 10.2. The van der Waals surface area contributed by atoms with Gasteiger partial charge in [0, 0.05) is 15.2 Å². The van der Waals surface area contributed by atoms with Gasteiger partial charge in [0.05, 0.1) is 6.21 Å². The average molecular weight is 395 g/mol. The molecule has 0 atom stereocenters. The summed E-state index contributed by atoms with van der Waals surface area (Å²) in [6.45, 7) is 1.84. The Morgan fingerprint density at radius 2 is 1.96 bits per heavy atom. The minimum absolute atomic E-state index is 0.441. The third kappa shape index (κ3) is 5.19. The normalized spacial score (nSPS) is 10.6. The highest BCUT2D eigenvalue weighted by Gasteiger charge is 2.13. The van der Waals surface area contributed by atoms with E-state index in [1.165, 1.54) is 6.21 Å². The summed E-state index contributed by atoms with van der Waals surface area (Å²) in [6, 6.07) is 12.3. The van der Waals surface area contributed by atoms with Crippen molar-refractivity contribution >= 4 is 51.2 Å². The predicted molar refractivity (Wildman–Crippen MR) is 94.7 cm³/mol. The summed E-state index contributed by atoms with van der Waals surface area (Å²) >= 11 is 9.29. The number of nitrogens with zero attached hydrogens (tertiary/aromatic N) is 1. The molecule has 5 nitrogen and oxygen atoms in total. The fourth-order valence-electron chi connectivity index (χ4n) is 1.66. The second kappa shape index (κ2) is 7.89. The molecule has 2 N–H and O–H groups in total. The van der Waals surface area contributed by atoms with Gasteiger partial charge in [-0.2, -0.15) is 5.10 Å². The summed E-state index contributed by atoms with van der Waals surface area (Å²) in [7, 11) is 0. The fourth-order valence-corrected chi connectivity index (χ4v) is 2.26. The van der Waals surface area contributed by atoms with Crippen LogP contribution in [0.1, 0.15) is 11.1 Å². The van der Waals surface area contributed by atoms with E-state index in [1.54, 1.807) is 18.2 Å². The fraction of sp³-hybridized carbons (Fsp3) is 0.0625. The van der Waals surface area contributed by atoms with E-state index in [4.69, 9.17) is 11.6 Å². The molecule has 2 aromatic rings. The third-order valence-corrected chi connectivity index (χ3v) is 3.76. The number of rotatable bonds is 3. The van der Waals surface area contributed by atoms with E-state index in [1.807, 2.05) is 31.2 Å². The van der Waals surface area contributed by atoms with Crippen molar-refractivity contribution in [3.8, 4) is 0 Å². The molecule has 0 saturated carbocycles. The minimum Gasteiger partial charge on any atom is -0.318 e. The van der Waals surface area contributed by atoms with Crippen molar-refractivity contribution in [2.75, 3.05) is 5.32 Å². The number of hydrogen-bond acceptors (Lipinski definition) is 3. The molecule has 0 heterocycles. The Balaban J connectivity index is 1.92. The lowest BCUT2D eigenvalue weighted by molar-refractivity contribution is -0.136. The van der Waals surface area contributed by atoms with Gasteiger partial charge in [-0.05, 0) is 42.3 Å². The number of benzene rings is 2. The lowest BCUT2D eigenvalue weighted by Crippen LogP contribution is -2.32. The van der Waals surface area contributed by atoms with E-state index in [2.05, 4.69) is 31.8 Å². The Bertz CT molecular complexity index is 778. The summed E-state index contributed by atoms with van der Waals surface area (Å²) < 4.78 is 0.891. The molecule has 0 saturated heterocycles. The van der Waals surface area contributed by atoms with Crippen LogP contribution >= 0.6 is 27.5 Å². The monoisotopic (exact) mass is 393 g/mol. The molecule has 2 aromatic carbocycles. The van der Waals surface area contributed by atoms with Gasteiger partial charge in [-0.3, -0.25) is 9.59 Å². The molecule has 0 aliphatic carbocycles. The maximum atomic E-state index is 11.8. The third-order valence-electron chi connectivity index (χ3n) is 2.86.